The van der Waals surface area contributed by atoms with Crippen molar-refractivity contribution in [2.24, 2.45) is 5.92 Å². The molecular formula is C38H49N3O5. The van der Waals surface area contributed by atoms with Gasteiger partial charge >= 0.3 is 0 Å². The van der Waals surface area contributed by atoms with Crippen molar-refractivity contribution in [3.05, 3.63) is 108 Å². The number of unbranched alkanes of at least 4 members (excludes halogenated alkanes) is 2. The molecule has 1 aliphatic heterocycles. The minimum absolute atomic E-state index is 0.00452. The fourth-order valence-corrected chi connectivity index (χ4v) is 5.80. The molecule has 1 fully saturated rings. The van der Waals surface area contributed by atoms with E-state index in [9.17, 15) is 14.7 Å². The topological polar surface area (TPSA) is 100 Å². The highest BCUT2D eigenvalue weighted by Crippen LogP contribution is 2.42. The molecule has 0 spiro atoms. The van der Waals surface area contributed by atoms with Gasteiger partial charge in [0, 0.05) is 51.0 Å². The number of carbonyl (C=O) groups excluding carboxylic acids is 2. The number of ether oxygens (including phenoxy) is 2. The molecule has 4 atom stereocenters. The van der Waals surface area contributed by atoms with Gasteiger partial charge in [-0.2, -0.15) is 0 Å². The van der Waals surface area contributed by atoms with E-state index in [1.807, 2.05) is 54.6 Å². The molecule has 0 saturated carbocycles. The molecule has 0 aliphatic carbocycles. The third-order valence-electron chi connectivity index (χ3n) is 8.42. The lowest BCUT2D eigenvalue weighted by molar-refractivity contribution is -0.275. The molecule has 1 heterocycles. The maximum Gasteiger partial charge on any atom is 0.220 e. The van der Waals surface area contributed by atoms with Gasteiger partial charge in [-0.25, -0.2) is 0 Å². The normalized spacial score (nSPS) is 19.5. The van der Waals surface area contributed by atoms with Crippen LogP contribution in [0.5, 0.6) is 0 Å². The first kappa shape index (κ1) is 35.0. The maximum absolute atomic E-state index is 12.4. The van der Waals surface area contributed by atoms with Crippen molar-refractivity contribution >= 4 is 11.8 Å². The van der Waals surface area contributed by atoms with E-state index >= 15 is 0 Å². The van der Waals surface area contributed by atoms with Crippen LogP contribution >= 0.6 is 0 Å². The van der Waals surface area contributed by atoms with Crippen molar-refractivity contribution < 1.29 is 24.2 Å². The van der Waals surface area contributed by atoms with E-state index in [0.29, 0.717) is 19.5 Å². The minimum Gasteiger partial charge on any atom is -0.392 e. The Hall–Kier alpha value is -3.82. The Morgan fingerprint density at radius 2 is 1.65 bits per heavy atom. The van der Waals surface area contributed by atoms with E-state index in [0.717, 1.165) is 65.7 Å². The molecule has 0 aromatic heterocycles. The van der Waals surface area contributed by atoms with E-state index in [4.69, 9.17) is 9.47 Å². The smallest absolute Gasteiger partial charge is 0.220 e. The Labute approximate surface area is 273 Å². The van der Waals surface area contributed by atoms with Crippen LogP contribution in [0.25, 0.3) is 11.1 Å². The van der Waals surface area contributed by atoms with Crippen LogP contribution in [0.2, 0.25) is 0 Å². The summed E-state index contributed by atoms with van der Waals surface area (Å²) < 4.78 is 13.3. The summed E-state index contributed by atoms with van der Waals surface area (Å²) in [6, 6.07) is 24.4. The van der Waals surface area contributed by atoms with Crippen molar-refractivity contribution in [2.45, 2.75) is 71.2 Å². The zero-order valence-corrected chi connectivity index (χ0v) is 27.4. The van der Waals surface area contributed by atoms with E-state index in [1.54, 1.807) is 0 Å². The first-order valence-corrected chi connectivity index (χ1v) is 16.3. The molecule has 1 aliphatic rings. The number of carbonyl (C=O) groups is 2. The molecule has 0 bridgehead atoms. The molecule has 8 nitrogen and oxygen atoms in total. The second-order valence-electron chi connectivity index (χ2n) is 12.2. The molecule has 4 rings (SSSR count). The molecule has 246 valence electrons. The van der Waals surface area contributed by atoms with Gasteiger partial charge in [0.25, 0.3) is 0 Å². The predicted octanol–water partition coefficient (Wildman–Crippen LogP) is 6.07. The van der Waals surface area contributed by atoms with E-state index in [2.05, 4.69) is 60.3 Å². The summed E-state index contributed by atoms with van der Waals surface area (Å²) in [6.45, 7) is 10.2. The van der Waals surface area contributed by atoms with Crippen LogP contribution in [0, 0.1) is 5.92 Å². The van der Waals surface area contributed by atoms with Gasteiger partial charge in [0.15, 0.2) is 6.29 Å². The standard InChI is InChI=1S/C38H49N3O5/c1-5-21-41(4)25-35-27(2)37(31-18-16-29(26-42)17-19-31)46-38(45-35)34-14-10-13-33(23-34)32-12-9-11-30(22-32)24-40-36(44)15-7-6-8-20-39-28(3)43/h5,9-14,16-19,22-23,27,35,37-38,42H,1,6-8,15,20-21,24-26H2,2-4H3,(H,39,43)(H,40,44)/t27-,35+,37+,38+/m0/s1. The number of amides is 2. The van der Waals surface area contributed by atoms with Gasteiger partial charge in [0.1, 0.15) is 0 Å². The van der Waals surface area contributed by atoms with E-state index in [1.165, 1.54) is 6.92 Å². The lowest BCUT2D eigenvalue weighted by Gasteiger charge is -2.42. The number of likely N-dealkylation sites (N-methyl/N-ethyl adjacent to an activating group) is 1. The molecule has 3 aromatic carbocycles. The fourth-order valence-electron chi connectivity index (χ4n) is 5.80. The van der Waals surface area contributed by atoms with Crippen molar-refractivity contribution in [3.63, 3.8) is 0 Å². The van der Waals surface area contributed by atoms with Crippen LogP contribution < -0.4 is 10.6 Å². The highest BCUT2D eigenvalue weighted by Gasteiger charge is 2.38. The van der Waals surface area contributed by atoms with Crippen molar-refractivity contribution in [1.82, 2.24) is 15.5 Å². The minimum atomic E-state index is -0.554. The molecule has 8 heteroatoms. The van der Waals surface area contributed by atoms with Crippen molar-refractivity contribution in [1.29, 1.82) is 0 Å². The molecular weight excluding hydrogens is 578 g/mol. The third-order valence-corrected chi connectivity index (χ3v) is 8.42. The third kappa shape index (κ3) is 10.4. The number of nitrogens with zero attached hydrogens (tertiary/aromatic N) is 1. The maximum atomic E-state index is 12.4. The van der Waals surface area contributed by atoms with Gasteiger partial charge in [-0.3, -0.25) is 9.59 Å². The number of hydrogen-bond donors (Lipinski definition) is 3. The monoisotopic (exact) mass is 627 g/mol. The quantitative estimate of drug-likeness (QED) is 0.132. The zero-order chi connectivity index (χ0) is 32.9. The van der Waals surface area contributed by atoms with Crippen molar-refractivity contribution in [3.8, 4) is 11.1 Å². The number of hydrogen-bond acceptors (Lipinski definition) is 6. The number of aliphatic hydroxyl groups is 1. The summed E-state index contributed by atoms with van der Waals surface area (Å²) in [5.41, 5.74) is 5.99. The Morgan fingerprint density at radius 1 is 0.913 bits per heavy atom. The molecule has 0 unspecified atom stereocenters. The number of rotatable bonds is 16. The Kier molecular flexibility index (Phi) is 13.5. The van der Waals surface area contributed by atoms with Crippen LogP contribution in [-0.4, -0.2) is 54.6 Å². The van der Waals surface area contributed by atoms with Crippen molar-refractivity contribution in [2.75, 3.05) is 26.7 Å². The van der Waals surface area contributed by atoms with E-state index < -0.39 is 6.29 Å². The van der Waals surface area contributed by atoms with Crippen LogP contribution in [0.15, 0.2) is 85.5 Å². The summed E-state index contributed by atoms with van der Waals surface area (Å²) >= 11 is 0. The lowest BCUT2D eigenvalue weighted by atomic mass is 9.90. The van der Waals surface area contributed by atoms with Crippen LogP contribution in [0.3, 0.4) is 0 Å². The molecule has 46 heavy (non-hydrogen) atoms. The highest BCUT2D eigenvalue weighted by molar-refractivity contribution is 5.76. The molecule has 1 saturated heterocycles. The first-order chi connectivity index (χ1) is 22.3. The fraction of sp³-hybridized carbons (Fsp3) is 0.421. The second-order valence-corrected chi connectivity index (χ2v) is 12.2. The first-order valence-electron chi connectivity index (χ1n) is 16.3. The summed E-state index contributed by atoms with van der Waals surface area (Å²) in [5, 5.41) is 15.4. The van der Waals surface area contributed by atoms with Crippen LogP contribution in [0.4, 0.5) is 0 Å². The lowest BCUT2D eigenvalue weighted by Crippen LogP contribution is -2.43. The number of benzene rings is 3. The molecule has 3 aromatic rings. The average Bonchev–Trinajstić information content (AvgIpc) is 3.06. The largest absolute Gasteiger partial charge is 0.392 e. The van der Waals surface area contributed by atoms with Gasteiger partial charge in [0.2, 0.25) is 11.8 Å². The summed E-state index contributed by atoms with van der Waals surface area (Å²) in [7, 11) is 2.07. The van der Waals surface area contributed by atoms with E-state index in [-0.39, 0.29) is 36.5 Å². The van der Waals surface area contributed by atoms with Gasteiger partial charge in [0.05, 0.1) is 18.8 Å². The summed E-state index contributed by atoms with van der Waals surface area (Å²) in [6.07, 6.45) is 4.13. The molecule has 3 N–H and O–H groups in total. The average molecular weight is 628 g/mol. The van der Waals surface area contributed by atoms with Crippen LogP contribution in [-0.2, 0) is 32.2 Å². The van der Waals surface area contributed by atoms with Crippen LogP contribution in [0.1, 0.15) is 74.2 Å². The number of aliphatic hydroxyl groups excluding tert-OH is 1. The zero-order valence-electron chi connectivity index (χ0n) is 27.4. The van der Waals surface area contributed by atoms with Gasteiger partial charge < -0.3 is 30.1 Å². The Bertz CT molecular complexity index is 1430. The SMILES string of the molecule is C=CCN(C)C[C@H]1O[C@@H](c2cccc(-c3cccc(CNC(=O)CCCCCNC(C)=O)c3)c2)O[C@@H](c2ccc(CO)cc2)[C@H]1C. The van der Waals surface area contributed by atoms with Gasteiger partial charge in [-0.1, -0.05) is 80.1 Å². The molecule has 2 amide bonds. The second kappa shape index (κ2) is 17.8. The highest BCUT2D eigenvalue weighted by atomic mass is 16.7. The Balaban J connectivity index is 1.44. The predicted molar refractivity (Wildman–Crippen MR) is 182 cm³/mol. The molecule has 0 radical (unpaired) electrons. The van der Waals surface area contributed by atoms with Gasteiger partial charge in [-0.15, -0.1) is 6.58 Å². The Morgan fingerprint density at radius 3 is 2.37 bits per heavy atom. The summed E-state index contributed by atoms with van der Waals surface area (Å²) in [4.78, 5) is 25.6. The summed E-state index contributed by atoms with van der Waals surface area (Å²) in [5.74, 6) is 0.104. The van der Waals surface area contributed by atoms with Gasteiger partial charge in [-0.05, 0) is 59.8 Å². The number of nitrogens with one attached hydrogen (secondary N) is 2.